The van der Waals surface area contributed by atoms with Gasteiger partial charge in [0.25, 0.3) is 5.91 Å². The third-order valence-corrected chi connectivity index (χ3v) is 5.52. The summed E-state index contributed by atoms with van der Waals surface area (Å²) in [6.45, 7) is 1.44. The van der Waals surface area contributed by atoms with Gasteiger partial charge < -0.3 is 14.4 Å². The minimum Gasteiger partial charge on any atom is -0.468 e. The van der Waals surface area contributed by atoms with Gasteiger partial charge in [0, 0.05) is 30.6 Å². The predicted octanol–water partition coefficient (Wildman–Crippen LogP) is 2.15. The van der Waals surface area contributed by atoms with Crippen LogP contribution >= 0.6 is 11.6 Å². The summed E-state index contributed by atoms with van der Waals surface area (Å²) in [7, 11) is 1.37. The number of aromatic nitrogens is 1. The Morgan fingerprint density at radius 2 is 2.24 bits per heavy atom. The van der Waals surface area contributed by atoms with E-state index in [4.69, 9.17) is 21.1 Å². The van der Waals surface area contributed by atoms with Gasteiger partial charge in [-0.15, -0.1) is 0 Å². The zero-order chi connectivity index (χ0) is 17.6. The van der Waals surface area contributed by atoms with Gasteiger partial charge in [0.05, 0.1) is 36.4 Å². The Bertz CT molecular complexity index is 871. The average Bonchev–Trinajstić information content (AvgIpc) is 3.18. The quantitative estimate of drug-likeness (QED) is 0.767. The van der Waals surface area contributed by atoms with Crippen LogP contribution in [0.3, 0.4) is 0 Å². The van der Waals surface area contributed by atoms with Crippen molar-refractivity contribution in [2.75, 3.05) is 33.4 Å². The number of halogens is 1. The number of fused-ring (bicyclic) bond motifs is 2. The Morgan fingerprint density at radius 1 is 1.40 bits per heavy atom. The van der Waals surface area contributed by atoms with Crippen molar-refractivity contribution in [3.8, 4) is 0 Å². The van der Waals surface area contributed by atoms with Gasteiger partial charge in [-0.3, -0.25) is 14.6 Å². The van der Waals surface area contributed by atoms with E-state index in [1.807, 2.05) is 6.07 Å². The summed E-state index contributed by atoms with van der Waals surface area (Å²) in [5.74, 6) is -0.576. The number of rotatable bonds is 2. The third kappa shape index (κ3) is 2.40. The number of ether oxygens (including phenoxy) is 2. The van der Waals surface area contributed by atoms with E-state index in [-0.39, 0.29) is 30.9 Å². The summed E-state index contributed by atoms with van der Waals surface area (Å²) in [5.41, 5.74) is 0.355. The predicted molar refractivity (Wildman–Crippen MR) is 91.4 cm³/mol. The second kappa shape index (κ2) is 5.97. The molecule has 0 unspecified atom stereocenters. The summed E-state index contributed by atoms with van der Waals surface area (Å²) in [6.07, 6.45) is 1.67. The number of hydrogen-bond donors (Lipinski definition) is 0. The van der Waals surface area contributed by atoms with Crippen molar-refractivity contribution in [2.45, 2.75) is 0 Å². The first-order valence-electron chi connectivity index (χ1n) is 8.05. The summed E-state index contributed by atoms with van der Waals surface area (Å²) in [4.78, 5) is 31.5. The lowest BCUT2D eigenvalue weighted by atomic mass is 9.81. The van der Waals surface area contributed by atoms with Gasteiger partial charge in [-0.1, -0.05) is 17.7 Å². The van der Waals surface area contributed by atoms with E-state index in [9.17, 15) is 9.59 Å². The van der Waals surface area contributed by atoms with Gasteiger partial charge >= 0.3 is 5.97 Å². The van der Waals surface area contributed by atoms with E-state index in [0.717, 1.165) is 0 Å². The molecule has 2 aliphatic rings. The Labute approximate surface area is 149 Å². The van der Waals surface area contributed by atoms with Crippen LogP contribution < -0.4 is 0 Å². The molecule has 0 aliphatic carbocycles. The molecular weight excluding hydrogens is 344 g/mol. The van der Waals surface area contributed by atoms with Gasteiger partial charge in [-0.2, -0.15) is 0 Å². The minimum atomic E-state index is -0.778. The molecule has 1 aromatic heterocycles. The fourth-order valence-corrected chi connectivity index (χ4v) is 4.13. The Morgan fingerprint density at radius 3 is 3.04 bits per heavy atom. The first-order chi connectivity index (χ1) is 12.1. The number of methoxy groups -OCH3 is 1. The van der Waals surface area contributed by atoms with Gasteiger partial charge in [0.1, 0.15) is 5.41 Å². The number of esters is 1. The molecule has 0 spiro atoms. The molecule has 3 heterocycles. The monoisotopic (exact) mass is 360 g/mol. The van der Waals surface area contributed by atoms with Crippen molar-refractivity contribution < 1.29 is 19.1 Å². The largest absolute Gasteiger partial charge is 0.468 e. The molecule has 2 saturated heterocycles. The molecule has 0 radical (unpaired) electrons. The lowest BCUT2D eigenvalue weighted by Crippen LogP contribution is -2.41. The number of hydrogen-bond acceptors (Lipinski definition) is 5. The van der Waals surface area contributed by atoms with E-state index in [2.05, 4.69) is 4.98 Å². The van der Waals surface area contributed by atoms with Crippen LogP contribution in [-0.4, -0.2) is 55.2 Å². The molecule has 1 amide bonds. The van der Waals surface area contributed by atoms with Crippen LogP contribution in [0.2, 0.25) is 5.02 Å². The van der Waals surface area contributed by atoms with Crippen LogP contribution in [0, 0.1) is 11.3 Å². The van der Waals surface area contributed by atoms with Crippen LogP contribution in [-0.2, 0) is 14.3 Å². The highest BCUT2D eigenvalue weighted by atomic mass is 35.5. The van der Waals surface area contributed by atoms with E-state index in [1.165, 1.54) is 7.11 Å². The topological polar surface area (TPSA) is 68.7 Å². The smallest absolute Gasteiger partial charge is 0.316 e. The van der Waals surface area contributed by atoms with Crippen molar-refractivity contribution in [1.29, 1.82) is 0 Å². The first kappa shape index (κ1) is 16.3. The molecule has 2 fully saturated rings. The van der Waals surface area contributed by atoms with Crippen molar-refractivity contribution >= 4 is 34.4 Å². The molecule has 1 aromatic carbocycles. The van der Waals surface area contributed by atoms with Crippen molar-refractivity contribution in [3.05, 3.63) is 41.0 Å². The SMILES string of the molecule is COC(=O)[C@@]12COC[C@@H]1CN(C(=O)c1c(Cl)ccc3ncccc13)C2. The fraction of sp³-hybridized carbons (Fsp3) is 0.389. The highest BCUT2D eigenvalue weighted by molar-refractivity contribution is 6.35. The summed E-state index contributed by atoms with van der Waals surface area (Å²) < 4.78 is 10.5. The normalized spacial score (nSPS) is 25.2. The van der Waals surface area contributed by atoms with E-state index in [1.54, 1.807) is 29.3 Å². The van der Waals surface area contributed by atoms with Gasteiger partial charge in [0.2, 0.25) is 0 Å². The maximum Gasteiger partial charge on any atom is 0.316 e. The highest BCUT2D eigenvalue weighted by Crippen LogP contribution is 2.43. The molecule has 0 saturated carbocycles. The Kier molecular flexibility index (Phi) is 3.89. The summed E-state index contributed by atoms with van der Waals surface area (Å²) in [5, 5.41) is 1.09. The number of benzene rings is 1. The fourth-order valence-electron chi connectivity index (χ4n) is 3.88. The lowest BCUT2D eigenvalue weighted by Gasteiger charge is -2.24. The Balaban J connectivity index is 1.72. The molecule has 2 aromatic rings. The molecule has 4 rings (SSSR count). The van der Waals surface area contributed by atoms with Gasteiger partial charge in [-0.05, 0) is 18.2 Å². The molecule has 130 valence electrons. The summed E-state index contributed by atoms with van der Waals surface area (Å²) >= 11 is 6.33. The molecule has 2 atom stereocenters. The lowest BCUT2D eigenvalue weighted by molar-refractivity contribution is -0.153. The molecule has 0 N–H and O–H groups in total. The number of carbonyl (C=O) groups is 2. The molecule has 0 bridgehead atoms. The maximum absolute atomic E-state index is 13.2. The van der Waals surface area contributed by atoms with E-state index in [0.29, 0.717) is 34.6 Å². The average molecular weight is 361 g/mol. The van der Waals surface area contributed by atoms with Crippen molar-refractivity contribution in [1.82, 2.24) is 9.88 Å². The molecule has 6 nitrogen and oxygen atoms in total. The molecule has 25 heavy (non-hydrogen) atoms. The minimum absolute atomic E-state index is 0.0595. The van der Waals surface area contributed by atoms with Crippen LogP contribution in [0.15, 0.2) is 30.5 Å². The van der Waals surface area contributed by atoms with Crippen molar-refractivity contribution in [3.63, 3.8) is 0 Å². The number of amides is 1. The van der Waals surface area contributed by atoms with Crippen LogP contribution in [0.1, 0.15) is 10.4 Å². The van der Waals surface area contributed by atoms with Crippen LogP contribution in [0.4, 0.5) is 0 Å². The van der Waals surface area contributed by atoms with E-state index < -0.39 is 5.41 Å². The number of nitrogens with zero attached hydrogens (tertiary/aromatic N) is 2. The Hall–Kier alpha value is -2.18. The zero-order valence-electron chi connectivity index (χ0n) is 13.7. The molecule has 2 aliphatic heterocycles. The maximum atomic E-state index is 13.2. The van der Waals surface area contributed by atoms with Crippen LogP contribution in [0.5, 0.6) is 0 Å². The first-order valence-corrected chi connectivity index (χ1v) is 8.43. The third-order valence-electron chi connectivity index (χ3n) is 5.20. The zero-order valence-corrected chi connectivity index (χ0v) is 14.5. The second-order valence-electron chi connectivity index (χ2n) is 6.54. The number of pyridine rings is 1. The van der Waals surface area contributed by atoms with Gasteiger partial charge in [0.15, 0.2) is 0 Å². The molecule has 7 heteroatoms. The summed E-state index contributed by atoms with van der Waals surface area (Å²) in [6, 6.07) is 7.08. The number of carbonyl (C=O) groups excluding carboxylic acids is 2. The van der Waals surface area contributed by atoms with Crippen molar-refractivity contribution in [2.24, 2.45) is 11.3 Å². The van der Waals surface area contributed by atoms with E-state index >= 15 is 0 Å². The van der Waals surface area contributed by atoms with Crippen LogP contribution in [0.25, 0.3) is 10.9 Å². The van der Waals surface area contributed by atoms with Gasteiger partial charge in [-0.25, -0.2) is 0 Å². The molecular formula is C18H17ClN2O4. The standard InChI is InChI=1S/C18H17ClN2O4/c1-24-17(23)18-9-21(7-11(18)8-25-10-18)16(22)15-12-3-2-6-20-14(12)5-4-13(15)19/h2-6,11H,7-10H2,1H3/t11-,18-/m0/s1. The number of likely N-dealkylation sites (tertiary alicyclic amines) is 1. The highest BCUT2D eigenvalue weighted by Gasteiger charge is 2.57. The second-order valence-corrected chi connectivity index (χ2v) is 6.95.